The number of ether oxygens (including phenoxy) is 2. The predicted octanol–water partition coefficient (Wildman–Crippen LogP) is 2.50. The van der Waals surface area contributed by atoms with Gasteiger partial charge in [-0.2, -0.15) is 0 Å². The molecular formula is C23H21O4P. The monoisotopic (exact) mass is 392 g/mol. The van der Waals surface area contributed by atoms with Gasteiger partial charge in [0, 0.05) is 0 Å². The summed E-state index contributed by atoms with van der Waals surface area (Å²) in [6, 6.07) is 28.8. The van der Waals surface area contributed by atoms with E-state index in [1.54, 1.807) is 0 Å². The third-order valence-electron chi connectivity index (χ3n) is 4.52. The maximum atomic E-state index is 12.9. The van der Waals surface area contributed by atoms with Crippen LogP contribution in [0.4, 0.5) is 0 Å². The number of hydrogen-bond donors (Lipinski definition) is 0. The Morgan fingerprint density at radius 3 is 1.11 bits per heavy atom. The highest BCUT2D eigenvalue weighted by atomic mass is 31.2. The van der Waals surface area contributed by atoms with Crippen molar-refractivity contribution in [2.24, 2.45) is 0 Å². The van der Waals surface area contributed by atoms with Gasteiger partial charge in [0.2, 0.25) is 0 Å². The van der Waals surface area contributed by atoms with Gasteiger partial charge in [-0.1, -0.05) is 91.0 Å². The van der Waals surface area contributed by atoms with Gasteiger partial charge in [-0.3, -0.25) is 0 Å². The molecule has 0 spiro atoms. The van der Waals surface area contributed by atoms with Crippen molar-refractivity contribution in [3.8, 4) is 0 Å². The number of esters is 2. The van der Waals surface area contributed by atoms with Gasteiger partial charge < -0.3 is 9.47 Å². The number of carbonyl (C=O) groups excluding carboxylic acids is 2. The minimum atomic E-state index is -2.84. The van der Waals surface area contributed by atoms with E-state index < -0.39 is 18.8 Å². The van der Waals surface area contributed by atoms with Crippen LogP contribution in [0.25, 0.3) is 0 Å². The van der Waals surface area contributed by atoms with Gasteiger partial charge in [-0.05, 0) is 22.8 Å². The van der Waals surface area contributed by atoms with Gasteiger partial charge in [0.05, 0.1) is 14.2 Å². The largest absolute Gasteiger partial charge is 0.465 e. The maximum Gasteiger partial charge on any atom is 0.346 e. The molecule has 0 aromatic heterocycles. The normalized spacial score (nSPS) is 10.8. The van der Waals surface area contributed by atoms with Crippen LogP contribution in [0.3, 0.4) is 0 Å². The van der Waals surface area contributed by atoms with E-state index in [-0.39, 0.29) is 5.29 Å². The van der Waals surface area contributed by atoms with Gasteiger partial charge >= 0.3 is 11.9 Å². The first kappa shape index (κ1) is 19.7. The zero-order chi connectivity index (χ0) is 20.0. The topological polar surface area (TPSA) is 52.6 Å². The first-order valence-electron chi connectivity index (χ1n) is 8.76. The van der Waals surface area contributed by atoms with Gasteiger partial charge in [-0.15, -0.1) is 0 Å². The van der Waals surface area contributed by atoms with Crippen molar-refractivity contribution in [3.63, 3.8) is 0 Å². The number of rotatable bonds is 5. The van der Waals surface area contributed by atoms with E-state index in [1.165, 1.54) is 14.2 Å². The van der Waals surface area contributed by atoms with Crippen molar-refractivity contribution >= 4 is 40.0 Å². The summed E-state index contributed by atoms with van der Waals surface area (Å²) < 4.78 is 10.1. The molecule has 0 N–H and O–H groups in total. The third-order valence-corrected chi connectivity index (χ3v) is 8.78. The Kier molecular flexibility index (Phi) is 6.13. The van der Waals surface area contributed by atoms with Crippen LogP contribution in [0.5, 0.6) is 0 Å². The molecule has 0 radical (unpaired) electrons. The zero-order valence-corrected chi connectivity index (χ0v) is 16.6. The highest BCUT2D eigenvalue weighted by molar-refractivity contribution is 7.97. The molecule has 0 atom stereocenters. The highest BCUT2D eigenvalue weighted by Crippen LogP contribution is 2.46. The molecule has 0 saturated carbocycles. The maximum absolute atomic E-state index is 12.9. The number of hydrogen-bond acceptors (Lipinski definition) is 4. The molecule has 0 unspecified atom stereocenters. The van der Waals surface area contributed by atoms with E-state index in [1.807, 2.05) is 91.0 Å². The minimum Gasteiger partial charge on any atom is -0.465 e. The summed E-state index contributed by atoms with van der Waals surface area (Å²) in [6.07, 6.45) is 0. The molecule has 3 rings (SSSR count). The molecule has 0 aliphatic heterocycles. The summed E-state index contributed by atoms with van der Waals surface area (Å²) in [5.74, 6) is -1.37. The quantitative estimate of drug-likeness (QED) is 0.380. The van der Waals surface area contributed by atoms with Crippen molar-refractivity contribution < 1.29 is 19.1 Å². The Morgan fingerprint density at radius 2 is 0.857 bits per heavy atom. The minimum absolute atomic E-state index is 0.0149. The molecule has 142 valence electrons. The number of carbonyl (C=O) groups is 2. The molecule has 4 nitrogen and oxygen atoms in total. The first-order chi connectivity index (χ1) is 13.7. The summed E-state index contributed by atoms with van der Waals surface area (Å²) in [6.45, 7) is -2.84. The average Bonchev–Trinajstić information content (AvgIpc) is 2.78. The number of benzene rings is 3. The second kappa shape index (κ2) is 8.73. The highest BCUT2D eigenvalue weighted by Gasteiger charge is 2.38. The summed E-state index contributed by atoms with van der Waals surface area (Å²) in [4.78, 5) is 25.9. The molecule has 0 saturated heterocycles. The Labute approximate surface area is 164 Å². The predicted molar refractivity (Wildman–Crippen MR) is 114 cm³/mol. The Bertz CT molecular complexity index is 891. The van der Waals surface area contributed by atoms with Crippen LogP contribution >= 0.6 is 6.89 Å². The summed E-state index contributed by atoms with van der Waals surface area (Å²) in [7, 11) is 2.56. The Hall–Kier alpha value is -3.10. The van der Waals surface area contributed by atoms with Gasteiger partial charge in [0.1, 0.15) is 0 Å². The molecule has 0 aliphatic rings. The van der Waals surface area contributed by atoms with Crippen molar-refractivity contribution in [3.05, 3.63) is 91.0 Å². The lowest BCUT2D eigenvalue weighted by Crippen LogP contribution is -2.38. The van der Waals surface area contributed by atoms with E-state index in [4.69, 9.17) is 9.47 Å². The van der Waals surface area contributed by atoms with Crippen LogP contribution in [0.1, 0.15) is 0 Å². The van der Waals surface area contributed by atoms with Gasteiger partial charge in [0.25, 0.3) is 0 Å². The van der Waals surface area contributed by atoms with Crippen LogP contribution in [0.15, 0.2) is 91.0 Å². The van der Waals surface area contributed by atoms with Crippen LogP contribution in [-0.2, 0) is 19.1 Å². The molecule has 5 heteroatoms. The summed E-state index contributed by atoms with van der Waals surface area (Å²) in [5, 5.41) is 2.63. The molecule has 3 aromatic rings. The zero-order valence-electron chi connectivity index (χ0n) is 15.7. The van der Waals surface area contributed by atoms with E-state index in [0.29, 0.717) is 0 Å². The Balaban J connectivity index is 2.64. The third kappa shape index (κ3) is 3.39. The average molecular weight is 392 g/mol. The standard InChI is InChI=1S/C23H21O4P/c1-26-22(24)21(23(25)27-2)28(18-12-6-3-7-13-18,19-14-8-4-9-15-19)20-16-10-5-11-17-20/h3-17H,1-2H3. The van der Waals surface area contributed by atoms with Gasteiger partial charge in [0.15, 0.2) is 5.29 Å². The first-order valence-corrected chi connectivity index (χ1v) is 10.5. The molecule has 0 amide bonds. The molecular weight excluding hydrogens is 371 g/mol. The summed E-state index contributed by atoms with van der Waals surface area (Å²) >= 11 is 0. The van der Waals surface area contributed by atoms with Crippen molar-refractivity contribution in [2.75, 3.05) is 14.2 Å². The smallest absolute Gasteiger partial charge is 0.346 e. The van der Waals surface area contributed by atoms with Crippen LogP contribution < -0.4 is 15.9 Å². The second-order valence-corrected chi connectivity index (χ2v) is 9.35. The fourth-order valence-electron chi connectivity index (χ4n) is 3.34. The van der Waals surface area contributed by atoms with Crippen LogP contribution in [-0.4, -0.2) is 31.5 Å². The molecule has 0 fully saturated rings. The molecule has 0 bridgehead atoms. The molecule has 28 heavy (non-hydrogen) atoms. The lowest BCUT2D eigenvalue weighted by molar-refractivity contribution is -0.137. The van der Waals surface area contributed by atoms with Crippen molar-refractivity contribution in [2.45, 2.75) is 0 Å². The second-order valence-electron chi connectivity index (χ2n) is 6.01. The van der Waals surface area contributed by atoms with E-state index >= 15 is 0 Å². The van der Waals surface area contributed by atoms with E-state index in [2.05, 4.69) is 0 Å². The number of methoxy groups -OCH3 is 2. The van der Waals surface area contributed by atoms with Crippen molar-refractivity contribution in [1.82, 2.24) is 0 Å². The molecule has 0 aliphatic carbocycles. The lowest BCUT2D eigenvalue weighted by atomic mass is 10.3. The Morgan fingerprint density at radius 1 is 0.571 bits per heavy atom. The lowest BCUT2D eigenvalue weighted by Gasteiger charge is -2.30. The summed E-state index contributed by atoms with van der Waals surface area (Å²) in [5.41, 5.74) is 0. The van der Waals surface area contributed by atoms with E-state index in [9.17, 15) is 9.59 Å². The molecule has 0 heterocycles. The van der Waals surface area contributed by atoms with E-state index in [0.717, 1.165) is 15.9 Å². The molecule has 3 aromatic carbocycles. The van der Waals surface area contributed by atoms with Crippen molar-refractivity contribution in [1.29, 1.82) is 0 Å². The van der Waals surface area contributed by atoms with Gasteiger partial charge in [-0.25, -0.2) is 9.59 Å². The SMILES string of the molecule is COC(=O)C(C(=O)OC)=P(c1ccccc1)(c1ccccc1)c1ccccc1. The fourth-order valence-corrected chi connectivity index (χ4v) is 7.60. The van der Waals surface area contributed by atoms with Crippen LogP contribution in [0, 0.1) is 0 Å². The van der Waals surface area contributed by atoms with Crippen LogP contribution in [0.2, 0.25) is 0 Å². The fraction of sp³-hybridized carbons (Fsp3) is 0.0870.